The first kappa shape index (κ1) is 13.9. The minimum absolute atomic E-state index is 0.313. The van der Waals surface area contributed by atoms with E-state index in [1.807, 2.05) is 19.3 Å². The van der Waals surface area contributed by atoms with Crippen LogP contribution in [0.15, 0.2) is 10.2 Å². The second-order valence-electron chi connectivity index (χ2n) is 3.41. The molecule has 0 aromatic rings. The van der Waals surface area contributed by atoms with Crippen LogP contribution in [0.5, 0.6) is 0 Å². The Morgan fingerprint density at radius 2 is 1.81 bits per heavy atom. The number of hydrazone groups is 2. The van der Waals surface area contributed by atoms with E-state index in [0.29, 0.717) is 18.1 Å². The minimum atomic E-state index is -0.775. The summed E-state index contributed by atoms with van der Waals surface area (Å²) >= 11 is 0. The van der Waals surface area contributed by atoms with Crippen molar-refractivity contribution in [2.75, 3.05) is 0 Å². The first-order chi connectivity index (χ1) is 7.41. The van der Waals surface area contributed by atoms with Gasteiger partial charge in [-0.25, -0.2) is 20.4 Å². The van der Waals surface area contributed by atoms with Gasteiger partial charge < -0.3 is 11.5 Å². The Morgan fingerprint density at radius 3 is 2.25 bits per heavy atom. The zero-order valence-corrected chi connectivity index (χ0v) is 9.23. The Hall–Kier alpha value is -2.12. The third-order valence-corrected chi connectivity index (χ3v) is 1.32. The van der Waals surface area contributed by atoms with Crippen LogP contribution >= 0.6 is 0 Å². The van der Waals surface area contributed by atoms with Crippen molar-refractivity contribution in [1.82, 2.24) is 10.9 Å². The molecule has 0 radical (unpaired) electrons. The van der Waals surface area contributed by atoms with Crippen LogP contribution in [0.4, 0.5) is 9.59 Å². The van der Waals surface area contributed by atoms with Crippen LogP contribution in [0.2, 0.25) is 0 Å². The fourth-order valence-corrected chi connectivity index (χ4v) is 0.843. The molecule has 0 aromatic carbocycles. The molecular formula is C8H16N6O2. The van der Waals surface area contributed by atoms with E-state index in [2.05, 4.69) is 15.6 Å². The predicted octanol–water partition coefficient (Wildman–Crippen LogP) is -0.289. The number of nitrogens with two attached hydrogens (primary N) is 2. The number of hydrogen-bond donors (Lipinski definition) is 4. The lowest BCUT2D eigenvalue weighted by atomic mass is 10.1. The molecule has 0 aliphatic rings. The number of rotatable bonds is 5. The zero-order valence-electron chi connectivity index (χ0n) is 9.23. The number of nitrogens with zero attached hydrogens (tertiary/aromatic N) is 2. The van der Waals surface area contributed by atoms with E-state index in [1.54, 1.807) is 0 Å². The predicted molar refractivity (Wildman–Crippen MR) is 60.8 cm³/mol. The molecule has 0 unspecified atom stereocenters. The molecule has 0 bridgehead atoms. The fourth-order valence-electron chi connectivity index (χ4n) is 0.843. The second-order valence-corrected chi connectivity index (χ2v) is 3.41. The normalized spacial score (nSPS) is 11.8. The first-order valence-corrected chi connectivity index (χ1v) is 4.62. The van der Waals surface area contributed by atoms with E-state index in [9.17, 15) is 9.59 Å². The molecule has 4 amide bonds. The average Bonchev–Trinajstić information content (AvgIpc) is 2.12. The summed E-state index contributed by atoms with van der Waals surface area (Å²) < 4.78 is 0. The average molecular weight is 228 g/mol. The van der Waals surface area contributed by atoms with Gasteiger partial charge in [0.2, 0.25) is 0 Å². The highest BCUT2D eigenvalue weighted by Crippen LogP contribution is 1.99. The molecule has 0 rings (SSSR count). The van der Waals surface area contributed by atoms with Crippen LogP contribution in [0, 0.1) is 5.92 Å². The Kier molecular flexibility index (Phi) is 6.25. The van der Waals surface area contributed by atoms with Gasteiger partial charge in [-0.2, -0.15) is 10.2 Å². The van der Waals surface area contributed by atoms with E-state index in [0.717, 1.165) is 0 Å². The number of carbonyl (C=O) groups is 2. The molecule has 16 heavy (non-hydrogen) atoms. The van der Waals surface area contributed by atoms with Crippen molar-refractivity contribution in [3.63, 3.8) is 0 Å². The van der Waals surface area contributed by atoms with E-state index >= 15 is 0 Å². The van der Waals surface area contributed by atoms with Crippen LogP contribution in [-0.2, 0) is 0 Å². The topological polar surface area (TPSA) is 135 Å². The Bertz CT molecular complexity index is 310. The molecule has 6 N–H and O–H groups in total. The Labute approximate surface area is 93.1 Å². The second kappa shape index (κ2) is 7.21. The minimum Gasteiger partial charge on any atom is -0.350 e. The van der Waals surface area contributed by atoms with Crippen molar-refractivity contribution < 1.29 is 9.59 Å². The first-order valence-electron chi connectivity index (χ1n) is 4.62. The molecule has 0 heterocycles. The molecule has 0 aliphatic heterocycles. The van der Waals surface area contributed by atoms with Crippen molar-refractivity contribution >= 4 is 24.0 Å². The van der Waals surface area contributed by atoms with Crippen LogP contribution in [0.3, 0.4) is 0 Å². The number of carbonyl (C=O) groups excluding carboxylic acids is 2. The summed E-state index contributed by atoms with van der Waals surface area (Å²) in [6.07, 6.45) is 1.87. The number of primary amides is 2. The van der Waals surface area contributed by atoms with E-state index < -0.39 is 12.1 Å². The van der Waals surface area contributed by atoms with Gasteiger partial charge in [0.25, 0.3) is 0 Å². The van der Waals surface area contributed by atoms with Gasteiger partial charge in [-0.15, -0.1) is 0 Å². The van der Waals surface area contributed by atoms with Gasteiger partial charge in [-0.05, 0) is 12.3 Å². The van der Waals surface area contributed by atoms with Gasteiger partial charge in [-0.3, -0.25) is 0 Å². The fraction of sp³-hybridized carbons (Fsp3) is 0.500. The van der Waals surface area contributed by atoms with E-state index in [1.165, 1.54) is 6.21 Å². The van der Waals surface area contributed by atoms with Crippen molar-refractivity contribution in [2.24, 2.45) is 27.6 Å². The quantitative estimate of drug-likeness (QED) is 0.380. The molecule has 0 aliphatic carbocycles. The maximum atomic E-state index is 10.4. The van der Waals surface area contributed by atoms with Crippen LogP contribution in [-0.4, -0.2) is 24.0 Å². The summed E-state index contributed by atoms with van der Waals surface area (Å²) in [5.41, 5.74) is 14.2. The number of amides is 4. The molecule has 8 nitrogen and oxygen atoms in total. The molecule has 0 atom stereocenters. The maximum absolute atomic E-state index is 10.4. The lowest BCUT2D eigenvalue weighted by molar-refractivity contribution is 0.248. The van der Waals surface area contributed by atoms with Crippen molar-refractivity contribution in [1.29, 1.82) is 0 Å². The Balaban J connectivity index is 4.41. The molecule has 0 saturated heterocycles. The van der Waals surface area contributed by atoms with Crippen LogP contribution in [0.25, 0.3) is 0 Å². The third kappa shape index (κ3) is 8.48. The van der Waals surface area contributed by atoms with Crippen molar-refractivity contribution in [3.8, 4) is 0 Å². The highest BCUT2D eigenvalue weighted by Gasteiger charge is 2.01. The van der Waals surface area contributed by atoms with E-state index in [4.69, 9.17) is 11.5 Å². The van der Waals surface area contributed by atoms with Gasteiger partial charge in [0.05, 0.1) is 11.9 Å². The lowest BCUT2D eigenvalue weighted by Gasteiger charge is -2.04. The molecule has 0 fully saturated rings. The maximum Gasteiger partial charge on any atom is 0.332 e. The number of nitrogens with one attached hydrogen (secondary N) is 2. The lowest BCUT2D eigenvalue weighted by Crippen LogP contribution is -2.27. The standard InChI is InChI=1S/C8H16N6O2/c1-5(2)3-6(12-14-8(10)16)4-11-13-7(9)15/h4-5H,3H2,1-2H3,(H3,9,13,15)(H3,10,14,16). The van der Waals surface area contributed by atoms with Gasteiger partial charge in [0, 0.05) is 0 Å². The number of hydrogen-bond acceptors (Lipinski definition) is 4. The van der Waals surface area contributed by atoms with Gasteiger partial charge in [-0.1, -0.05) is 13.8 Å². The molecule has 8 heteroatoms. The Morgan fingerprint density at radius 1 is 1.25 bits per heavy atom. The summed E-state index contributed by atoms with van der Waals surface area (Å²) in [5, 5.41) is 7.24. The van der Waals surface area contributed by atoms with Crippen molar-refractivity contribution in [3.05, 3.63) is 0 Å². The monoisotopic (exact) mass is 228 g/mol. The third-order valence-electron chi connectivity index (χ3n) is 1.32. The molecular weight excluding hydrogens is 212 g/mol. The highest BCUT2D eigenvalue weighted by molar-refractivity contribution is 6.30. The smallest absolute Gasteiger partial charge is 0.332 e. The summed E-state index contributed by atoms with van der Waals surface area (Å²) in [6, 6.07) is -1.54. The molecule has 0 aromatic heterocycles. The summed E-state index contributed by atoms with van der Waals surface area (Å²) in [5.74, 6) is 0.313. The summed E-state index contributed by atoms with van der Waals surface area (Å²) in [7, 11) is 0. The van der Waals surface area contributed by atoms with Gasteiger partial charge in [0.1, 0.15) is 0 Å². The highest BCUT2D eigenvalue weighted by atomic mass is 16.2. The largest absolute Gasteiger partial charge is 0.350 e. The van der Waals surface area contributed by atoms with E-state index in [-0.39, 0.29) is 0 Å². The van der Waals surface area contributed by atoms with Crippen LogP contribution in [0.1, 0.15) is 20.3 Å². The molecule has 0 saturated carbocycles. The SMILES string of the molecule is CC(C)CC(C=NNC(N)=O)=NNC(N)=O. The molecule has 90 valence electrons. The van der Waals surface area contributed by atoms with Gasteiger partial charge >= 0.3 is 12.1 Å². The summed E-state index contributed by atoms with van der Waals surface area (Å²) in [4.78, 5) is 20.8. The van der Waals surface area contributed by atoms with Gasteiger partial charge in [0.15, 0.2) is 0 Å². The summed E-state index contributed by atoms with van der Waals surface area (Å²) in [6.45, 7) is 3.93. The van der Waals surface area contributed by atoms with Crippen LogP contribution < -0.4 is 22.3 Å². The zero-order chi connectivity index (χ0) is 12.6. The van der Waals surface area contributed by atoms with Crippen molar-refractivity contribution in [2.45, 2.75) is 20.3 Å². The number of urea groups is 2. The molecule has 0 spiro atoms.